The lowest BCUT2D eigenvalue weighted by Crippen LogP contribution is -2.37. The molecule has 1 fully saturated rings. The maximum absolute atomic E-state index is 12.5. The number of anilines is 1. The van der Waals surface area contributed by atoms with Crippen LogP contribution >= 0.6 is 11.3 Å². The van der Waals surface area contributed by atoms with Gasteiger partial charge in [0.1, 0.15) is 11.6 Å². The third-order valence-corrected chi connectivity index (χ3v) is 6.26. The smallest absolute Gasteiger partial charge is 0.309 e. The summed E-state index contributed by atoms with van der Waals surface area (Å²) in [6.07, 6.45) is 4.46. The highest BCUT2D eigenvalue weighted by Gasteiger charge is 2.45. The average Bonchev–Trinajstić information content (AvgIpc) is 3.20. The van der Waals surface area contributed by atoms with Gasteiger partial charge in [-0.1, -0.05) is 19.1 Å². The number of thiophene rings is 1. The van der Waals surface area contributed by atoms with E-state index in [1.54, 1.807) is 11.3 Å². The minimum Gasteiger partial charge on any atom is -0.466 e. The highest BCUT2D eigenvalue weighted by atomic mass is 32.1. The van der Waals surface area contributed by atoms with E-state index in [1.807, 2.05) is 19.9 Å². The molecule has 0 unspecified atom stereocenters. The number of esters is 1. The van der Waals surface area contributed by atoms with Crippen molar-refractivity contribution in [2.24, 2.45) is 23.7 Å². The molecular weight excluding hydrogens is 334 g/mol. The first-order valence-corrected chi connectivity index (χ1v) is 9.78. The van der Waals surface area contributed by atoms with E-state index < -0.39 is 0 Å². The van der Waals surface area contributed by atoms with Crippen molar-refractivity contribution in [1.29, 1.82) is 0 Å². The van der Waals surface area contributed by atoms with Gasteiger partial charge in [0.05, 0.1) is 22.7 Å². The molecule has 5 nitrogen and oxygen atoms in total. The lowest BCUT2D eigenvalue weighted by atomic mass is 9.72. The van der Waals surface area contributed by atoms with Crippen molar-refractivity contribution in [3.8, 4) is 0 Å². The maximum Gasteiger partial charge on any atom is 0.309 e. The van der Waals surface area contributed by atoms with Crippen LogP contribution in [0.5, 0.6) is 0 Å². The Bertz CT molecular complexity index is 831. The molecule has 4 rings (SSSR count). The van der Waals surface area contributed by atoms with Crippen LogP contribution in [0.3, 0.4) is 0 Å². The normalized spacial score (nSPS) is 28.4. The molecule has 3 heterocycles. The van der Waals surface area contributed by atoms with Gasteiger partial charge in [-0.15, -0.1) is 11.3 Å². The summed E-state index contributed by atoms with van der Waals surface area (Å²) in [5.41, 5.74) is 1.01. The van der Waals surface area contributed by atoms with Gasteiger partial charge < -0.3 is 9.64 Å². The fraction of sp³-hybridized carbons (Fsp3) is 0.526. The Kier molecular flexibility index (Phi) is 4.23. The molecule has 0 amide bonds. The van der Waals surface area contributed by atoms with Gasteiger partial charge in [0.25, 0.3) is 0 Å². The Morgan fingerprint density at radius 3 is 3.00 bits per heavy atom. The third-order valence-electron chi connectivity index (χ3n) is 5.36. The van der Waals surface area contributed by atoms with Gasteiger partial charge in [-0.2, -0.15) is 0 Å². The van der Waals surface area contributed by atoms with Crippen molar-refractivity contribution < 1.29 is 9.53 Å². The Hall–Kier alpha value is -1.95. The van der Waals surface area contributed by atoms with Gasteiger partial charge in [0.15, 0.2) is 0 Å². The molecule has 0 bridgehead atoms. The minimum absolute atomic E-state index is 0.0589. The van der Waals surface area contributed by atoms with E-state index in [4.69, 9.17) is 9.72 Å². The van der Waals surface area contributed by atoms with Crippen molar-refractivity contribution in [2.45, 2.75) is 20.8 Å². The van der Waals surface area contributed by atoms with Gasteiger partial charge in [0, 0.05) is 13.1 Å². The Labute approximate surface area is 151 Å². The quantitative estimate of drug-likeness (QED) is 0.622. The van der Waals surface area contributed by atoms with Crippen LogP contribution in [0.25, 0.3) is 10.2 Å². The number of carbonyl (C=O) groups excluding carboxylic acids is 1. The van der Waals surface area contributed by atoms with E-state index in [1.165, 1.54) is 0 Å². The zero-order valence-electron chi connectivity index (χ0n) is 14.8. The molecule has 0 radical (unpaired) electrons. The van der Waals surface area contributed by atoms with Crippen LogP contribution in [-0.4, -0.2) is 35.6 Å². The molecule has 2 aromatic rings. The predicted octanol–water partition coefficient (Wildman–Crippen LogP) is 3.44. The van der Waals surface area contributed by atoms with Crippen LogP contribution in [0.1, 0.15) is 19.7 Å². The Morgan fingerprint density at radius 2 is 2.20 bits per heavy atom. The summed E-state index contributed by atoms with van der Waals surface area (Å²) >= 11 is 1.68. The van der Waals surface area contributed by atoms with E-state index in [0.29, 0.717) is 12.5 Å². The summed E-state index contributed by atoms with van der Waals surface area (Å²) in [4.78, 5) is 24.1. The maximum atomic E-state index is 12.5. The first-order chi connectivity index (χ1) is 12.1. The summed E-state index contributed by atoms with van der Waals surface area (Å²) in [7, 11) is 0. The summed E-state index contributed by atoms with van der Waals surface area (Å²) in [5, 5.41) is 2.06. The molecule has 1 aliphatic carbocycles. The number of carbonyl (C=O) groups is 1. The van der Waals surface area contributed by atoms with Gasteiger partial charge in [-0.25, -0.2) is 9.97 Å². The van der Waals surface area contributed by atoms with E-state index in [2.05, 4.69) is 34.3 Å². The van der Waals surface area contributed by atoms with E-state index in [9.17, 15) is 4.79 Å². The number of nitrogens with zero attached hydrogens (tertiary/aromatic N) is 3. The van der Waals surface area contributed by atoms with Gasteiger partial charge in [-0.3, -0.25) is 4.79 Å². The fourth-order valence-electron chi connectivity index (χ4n) is 4.24. The second kappa shape index (κ2) is 6.41. The van der Waals surface area contributed by atoms with Crippen molar-refractivity contribution in [2.75, 3.05) is 24.6 Å². The average molecular weight is 357 g/mol. The van der Waals surface area contributed by atoms with Crippen LogP contribution in [0.2, 0.25) is 0 Å². The first-order valence-electron chi connectivity index (χ1n) is 8.90. The second-order valence-electron chi connectivity index (χ2n) is 6.98. The monoisotopic (exact) mass is 357 g/mol. The second-order valence-corrected chi connectivity index (χ2v) is 7.90. The lowest BCUT2D eigenvalue weighted by molar-refractivity contribution is -0.151. The molecule has 0 saturated carbocycles. The summed E-state index contributed by atoms with van der Waals surface area (Å²) in [6, 6.07) is 2.05. The number of hydrogen-bond donors (Lipinski definition) is 0. The van der Waals surface area contributed by atoms with Crippen molar-refractivity contribution in [3.05, 3.63) is 29.4 Å². The Morgan fingerprint density at radius 1 is 1.36 bits per heavy atom. The molecule has 0 N–H and O–H groups in total. The third kappa shape index (κ3) is 2.82. The molecular formula is C19H23N3O2S. The molecule has 4 atom stereocenters. The molecule has 25 heavy (non-hydrogen) atoms. The summed E-state index contributed by atoms with van der Waals surface area (Å²) in [5.74, 6) is 2.55. The molecule has 2 aliphatic rings. The van der Waals surface area contributed by atoms with Crippen LogP contribution in [0.4, 0.5) is 5.82 Å². The Balaban J connectivity index is 1.66. The lowest BCUT2D eigenvalue weighted by Gasteiger charge is -2.31. The van der Waals surface area contributed by atoms with Crippen LogP contribution in [-0.2, 0) is 9.53 Å². The number of aryl methyl sites for hydroxylation is 1. The number of rotatable bonds is 3. The van der Waals surface area contributed by atoms with Crippen molar-refractivity contribution in [3.63, 3.8) is 0 Å². The largest absolute Gasteiger partial charge is 0.466 e. The molecule has 1 aliphatic heterocycles. The number of allylic oxidation sites excluding steroid dienone is 1. The van der Waals surface area contributed by atoms with Gasteiger partial charge >= 0.3 is 5.97 Å². The zero-order chi connectivity index (χ0) is 17.6. The van der Waals surface area contributed by atoms with Crippen molar-refractivity contribution >= 4 is 33.3 Å². The minimum atomic E-state index is -0.0679. The molecule has 132 valence electrons. The fourth-order valence-corrected chi connectivity index (χ4v) is 5.09. The standard InChI is InChI=1S/C19H23N3O2S/c1-4-24-19(23)16-11(2)5-6-13-9-22(10-14(13)16)18-17-15(7-8-25-17)20-12(3)21-18/h5-8,11,13-14,16H,4,9-10H2,1-3H3/t11-,13-,14+,16+/m0/s1. The topological polar surface area (TPSA) is 55.3 Å². The number of hydrogen-bond acceptors (Lipinski definition) is 6. The van der Waals surface area contributed by atoms with Crippen LogP contribution in [0, 0.1) is 30.6 Å². The first kappa shape index (κ1) is 16.5. The van der Waals surface area contributed by atoms with E-state index >= 15 is 0 Å². The number of aromatic nitrogens is 2. The van der Waals surface area contributed by atoms with Crippen molar-refractivity contribution in [1.82, 2.24) is 9.97 Å². The molecule has 6 heteroatoms. The number of ether oxygens (including phenoxy) is 1. The van der Waals surface area contributed by atoms with Gasteiger partial charge in [0.2, 0.25) is 0 Å². The van der Waals surface area contributed by atoms with E-state index in [-0.39, 0.29) is 23.7 Å². The zero-order valence-corrected chi connectivity index (χ0v) is 15.6. The highest BCUT2D eigenvalue weighted by molar-refractivity contribution is 7.17. The van der Waals surface area contributed by atoms with Crippen LogP contribution < -0.4 is 4.90 Å². The SMILES string of the molecule is CCOC(=O)[C@H]1[C@@H]2CN(c3nc(C)nc4ccsc34)C[C@@H]2C=C[C@@H]1C. The summed E-state index contributed by atoms with van der Waals surface area (Å²) < 4.78 is 6.50. The van der Waals surface area contributed by atoms with E-state index in [0.717, 1.165) is 34.9 Å². The molecule has 1 saturated heterocycles. The molecule has 0 spiro atoms. The number of fused-ring (bicyclic) bond motifs is 2. The van der Waals surface area contributed by atoms with Crippen LogP contribution in [0.15, 0.2) is 23.6 Å². The highest BCUT2D eigenvalue weighted by Crippen LogP contribution is 2.42. The van der Waals surface area contributed by atoms with Gasteiger partial charge in [-0.05, 0) is 43.0 Å². The molecule has 2 aromatic heterocycles. The summed E-state index contributed by atoms with van der Waals surface area (Å²) in [6.45, 7) is 8.10. The molecule has 0 aromatic carbocycles. The predicted molar refractivity (Wildman–Crippen MR) is 99.8 cm³/mol.